The summed E-state index contributed by atoms with van der Waals surface area (Å²) in [5.74, 6) is 1.08. The zero-order valence-electron chi connectivity index (χ0n) is 14.7. The fourth-order valence-corrected chi connectivity index (χ4v) is 3.92. The number of nitro groups is 1. The molecule has 1 saturated carbocycles. The third-order valence-corrected chi connectivity index (χ3v) is 5.52. The van der Waals surface area contributed by atoms with Gasteiger partial charge in [-0.25, -0.2) is 0 Å². The zero-order valence-corrected chi connectivity index (χ0v) is 14.7. The number of hydrogen-bond acceptors (Lipinski definition) is 4. The number of piperazine rings is 1. The Hall–Kier alpha value is -1.95. The van der Waals surface area contributed by atoms with Gasteiger partial charge in [0.1, 0.15) is 0 Å². The maximum absolute atomic E-state index is 12.4. The molecule has 136 valence electrons. The fraction of sp³-hybridized carbons (Fsp3) is 0.632. The fourth-order valence-electron chi connectivity index (χ4n) is 3.92. The van der Waals surface area contributed by atoms with E-state index in [1.165, 1.54) is 25.7 Å². The summed E-state index contributed by atoms with van der Waals surface area (Å²) in [4.78, 5) is 27.0. The zero-order chi connectivity index (χ0) is 17.6. The van der Waals surface area contributed by atoms with Gasteiger partial charge in [-0.3, -0.25) is 19.8 Å². The third kappa shape index (κ3) is 5.01. The average Bonchev–Trinajstić information content (AvgIpc) is 3.14. The molecule has 1 heterocycles. The van der Waals surface area contributed by atoms with Crippen molar-refractivity contribution in [1.82, 2.24) is 9.80 Å². The van der Waals surface area contributed by atoms with E-state index in [0.717, 1.165) is 50.6 Å². The van der Waals surface area contributed by atoms with E-state index in [2.05, 4.69) is 4.90 Å². The number of hydrogen-bond donors (Lipinski definition) is 0. The predicted octanol–water partition coefficient (Wildman–Crippen LogP) is 3.21. The molecule has 2 fully saturated rings. The van der Waals surface area contributed by atoms with Gasteiger partial charge in [-0.2, -0.15) is 0 Å². The molecule has 1 saturated heterocycles. The molecule has 1 aromatic carbocycles. The Balaban J connectivity index is 1.40. The summed E-state index contributed by atoms with van der Waals surface area (Å²) >= 11 is 0. The number of nitrogens with zero attached hydrogens (tertiary/aromatic N) is 3. The molecule has 0 spiro atoms. The first kappa shape index (κ1) is 17.9. The summed E-state index contributed by atoms with van der Waals surface area (Å²) in [7, 11) is 0. The van der Waals surface area contributed by atoms with Gasteiger partial charge in [0, 0.05) is 51.3 Å². The highest BCUT2D eigenvalue weighted by atomic mass is 16.6. The lowest BCUT2D eigenvalue weighted by Crippen LogP contribution is -2.48. The van der Waals surface area contributed by atoms with Gasteiger partial charge in [0.05, 0.1) is 4.92 Å². The van der Waals surface area contributed by atoms with Gasteiger partial charge in [-0.15, -0.1) is 0 Å². The van der Waals surface area contributed by atoms with E-state index in [1.54, 1.807) is 12.1 Å². The van der Waals surface area contributed by atoms with Crippen LogP contribution in [0.2, 0.25) is 0 Å². The van der Waals surface area contributed by atoms with E-state index in [4.69, 9.17) is 0 Å². The number of amides is 1. The van der Waals surface area contributed by atoms with Crippen molar-refractivity contribution in [2.24, 2.45) is 5.92 Å². The van der Waals surface area contributed by atoms with Gasteiger partial charge in [-0.1, -0.05) is 37.8 Å². The van der Waals surface area contributed by atoms with Crippen molar-refractivity contribution in [3.8, 4) is 0 Å². The number of carbonyl (C=O) groups is 1. The standard InChI is InChI=1S/C19H27N3O3/c23-19(10-7-16-3-1-2-4-16)21-13-11-20(12-14-21)15-17-5-8-18(9-6-17)22(24)25/h5-6,8-9,16H,1-4,7,10-15H2. The molecule has 3 rings (SSSR count). The number of carbonyl (C=O) groups excluding carboxylic acids is 1. The number of benzene rings is 1. The molecule has 1 aliphatic carbocycles. The molecule has 6 heteroatoms. The number of nitro benzene ring substituents is 1. The number of non-ortho nitro benzene ring substituents is 1. The molecule has 25 heavy (non-hydrogen) atoms. The quantitative estimate of drug-likeness (QED) is 0.586. The maximum atomic E-state index is 12.4. The summed E-state index contributed by atoms with van der Waals surface area (Å²) in [5, 5.41) is 10.7. The molecule has 6 nitrogen and oxygen atoms in total. The van der Waals surface area contributed by atoms with E-state index in [9.17, 15) is 14.9 Å². The first-order valence-electron chi connectivity index (χ1n) is 9.35. The van der Waals surface area contributed by atoms with Crippen LogP contribution in [0.25, 0.3) is 0 Å². The van der Waals surface area contributed by atoms with E-state index in [-0.39, 0.29) is 10.6 Å². The van der Waals surface area contributed by atoms with Crippen LogP contribution in [0.15, 0.2) is 24.3 Å². The molecule has 0 aromatic heterocycles. The molecule has 0 N–H and O–H groups in total. The maximum Gasteiger partial charge on any atom is 0.269 e. The number of rotatable bonds is 6. The van der Waals surface area contributed by atoms with Crippen molar-refractivity contribution in [3.63, 3.8) is 0 Å². The lowest BCUT2D eigenvalue weighted by molar-refractivity contribution is -0.384. The molecule has 0 unspecified atom stereocenters. The monoisotopic (exact) mass is 345 g/mol. The average molecular weight is 345 g/mol. The van der Waals surface area contributed by atoms with Crippen LogP contribution in [0.1, 0.15) is 44.1 Å². The van der Waals surface area contributed by atoms with Gasteiger partial charge in [0.15, 0.2) is 0 Å². The molecule has 2 aliphatic rings. The van der Waals surface area contributed by atoms with Gasteiger partial charge < -0.3 is 4.90 Å². The van der Waals surface area contributed by atoms with E-state index >= 15 is 0 Å². The second kappa shape index (κ2) is 8.43. The van der Waals surface area contributed by atoms with Gasteiger partial charge in [0.25, 0.3) is 5.69 Å². The summed E-state index contributed by atoms with van der Waals surface area (Å²) in [6.45, 7) is 4.09. The minimum Gasteiger partial charge on any atom is -0.340 e. The van der Waals surface area contributed by atoms with Crippen LogP contribution in [0, 0.1) is 16.0 Å². The Morgan fingerprint density at radius 1 is 1.08 bits per heavy atom. The second-order valence-corrected chi connectivity index (χ2v) is 7.27. The van der Waals surface area contributed by atoms with Gasteiger partial charge >= 0.3 is 0 Å². The molecule has 0 atom stereocenters. The van der Waals surface area contributed by atoms with Crippen molar-refractivity contribution < 1.29 is 9.72 Å². The highest BCUT2D eigenvalue weighted by molar-refractivity contribution is 5.76. The minimum absolute atomic E-state index is 0.126. The minimum atomic E-state index is -0.375. The van der Waals surface area contributed by atoms with Gasteiger partial charge in [-0.05, 0) is 17.9 Å². The molecule has 1 amide bonds. The molecule has 0 bridgehead atoms. The van der Waals surface area contributed by atoms with Crippen molar-refractivity contribution in [1.29, 1.82) is 0 Å². The Morgan fingerprint density at radius 2 is 1.72 bits per heavy atom. The Bertz CT molecular complexity index is 588. The predicted molar refractivity (Wildman–Crippen MR) is 96.1 cm³/mol. The normalized spacial score (nSPS) is 19.3. The molecular formula is C19H27N3O3. The third-order valence-electron chi connectivity index (χ3n) is 5.52. The van der Waals surface area contributed by atoms with Crippen LogP contribution in [-0.2, 0) is 11.3 Å². The first-order valence-corrected chi connectivity index (χ1v) is 9.35. The Labute approximate surface area is 148 Å². The first-order chi connectivity index (χ1) is 12.1. The van der Waals surface area contributed by atoms with Crippen LogP contribution in [-0.4, -0.2) is 46.8 Å². The Morgan fingerprint density at radius 3 is 2.32 bits per heavy atom. The molecule has 1 aliphatic heterocycles. The van der Waals surface area contributed by atoms with Crippen LogP contribution in [0.4, 0.5) is 5.69 Å². The SMILES string of the molecule is O=C(CCC1CCCC1)N1CCN(Cc2ccc([N+](=O)[O-])cc2)CC1. The molecule has 1 aromatic rings. The summed E-state index contributed by atoms with van der Waals surface area (Å²) in [5.41, 5.74) is 1.20. The topological polar surface area (TPSA) is 66.7 Å². The van der Waals surface area contributed by atoms with Crippen LogP contribution >= 0.6 is 0 Å². The van der Waals surface area contributed by atoms with Crippen molar-refractivity contribution in [2.75, 3.05) is 26.2 Å². The van der Waals surface area contributed by atoms with Gasteiger partial charge in [0.2, 0.25) is 5.91 Å². The lowest BCUT2D eigenvalue weighted by atomic mass is 10.0. The summed E-state index contributed by atoms with van der Waals surface area (Å²) < 4.78 is 0. The van der Waals surface area contributed by atoms with E-state index in [1.807, 2.05) is 17.0 Å². The lowest BCUT2D eigenvalue weighted by Gasteiger charge is -2.35. The van der Waals surface area contributed by atoms with Crippen LogP contribution in [0.5, 0.6) is 0 Å². The Kier molecular flexibility index (Phi) is 6.02. The molecular weight excluding hydrogens is 318 g/mol. The largest absolute Gasteiger partial charge is 0.340 e. The van der Waals surface area contributed by atoms with Crippen molar-refractivity contribution in [2.45, 2.75) is 45.1 Å². The highest BCUT2D eigenvalue weighted by Crippen LogP contribution is 2.28. The highest BCUT2D eigenvalue weighted by Gasteiger charge is 2.23. The van der Waals surface area contributed by atoms with Crippen LogP contribution in [0.3, 0.4) is 0 Å². The van der Waals surface area contributed by atoms with E-state index < -0.39 is 0 Å². The van der Waals surface area contributed by atoms with Crippen molar-refractivity contribution >= 4 is 11.6 Å². The smallest absolute Gasteiger partial charge is 0.269 e. The van der Waals surface area contributed by atoms with Crippen LogP contribution < -0.4 is 0 Å². The second-order valence-electron chi connectivity index (χ2n) is 7.27. The van der Waals surface area contributed by atoms with Crippen molar-refractivity contribution in [3.05, 3.63) is 39.9 Å². The van der Waals surface area contributed by atoms with E-state index in [0.29, 0.717) is 12.3 Å². The summed E-state index contributed by atoms with van der Waals surface area (Å²) in [6.07, 6.45) is 7.03. The summed E-state index contributed by atoms with van der Waals surface area (Å²) in [6, 6.07) is 6.74. The molecule has 0 radical (unpaired) electrons.